The first-order valence-corrected chi connectivity index (χ1v) is 6.83. The Morgan fingerprint density at radius 2 is 2.16 bits per heavy atom. The quantitative estimate of drug-likeness (QED) is 0.930. The van der Waals surface area contributed by atoms with Crippen molar-refractivity contribution in [3.8, 4) is 0 Å². The molecule has 0 aliphatic carbocycles. The van der Waals surface area contributed by atoms with Crippen molar-refractivity contribution < 1.29 is 4.79 Å². The third-order valence-electron chi connectivity index (χ3n) is 2.78. The van der Waals surface area contributed by atoms with Crippen LogP contribution in [-0.2, 0) is 6.67 Å². The van der Waals surface area contributed by atoms with E-state index in [1.807, 2.05) is 25.5 Å². The molecule has 19 heavy (non-hydrogen) atoms. The van der Waals surface area contributed by atoms with Gasteiger partial charge in [0.2, 0.25) is 0 Å². The maximum atomic E-state index is 11.6. The third-order valence-corrected chi connectivity index (χ3v) is 3.93. The maximum Gasteiger partial charge on any atom is 0.271 e. The van der Waals surface area contributed by atoms with Gasteiger partial charge in [0, 0.05) is 12.7 Å². The highest BCUT2D eigenvalue weighted by molar-refractivity contribution is 9.10. The van der Waals surface area contributed by atoms with E-state index in [9.17, 15) is 4.79 Å². The zero-order valence-corrected chi connectivity index (χ0v) is 12.7. The summed E-state index contributed by atoms with van der Waals surface area (Å²) in [6, 6.07) is 1.70. The van der Waals surface area contributed by atoms with E-state index in [0.29, 0.717) is 18.9 Å². The van der Waals surface area contributed by atoms with E-state index in [2.05, 4.69) is 31.4 Å². The van der Waals surface area contributed by atoms with Gasteiger partial charge in [0.05, 0.1) is 15.9 Å². The van der Waals surface area contributed by atoms with Gasteiger partial charge in [-0.3, -0.25) is 9.48 Å². The number of nitrogens with one attached hydrogen (secondary N) is 1. The van der Waals surface area contributed by atoms with Crippen molar-refractivity contribution in [2.75, 3.05) is 6.54 Å². The molecule has 0 saturated carbocycles. The normalized spacial score (nSPS) is 10.7. The number of carbonyl (C=O) groups is 1. The Labute approximate surface area is 119 Å². The van der Waals surface area contributed by atoms with Gasteiger partial charge in [-0.05, 0) is 42.8 Å². The number of halogens is 1. The van der Waals surface area contributed by atoms with E-state index in [1.165, 1.54) is 0 Å². The van der Waals surface area contributed by atoms with Crippen LogP contribution in [0.4, 0.5) is 0 Å². The van der Waals surface area contributed by atoms with Crippen molar-refractivity contribution in [1.29, 1.82) is 0 Å². The standard InChI is InChI=1S/C12H16BrN5O/c1-4-14-12(19)10-5-6-17(16-10)7-18-9(3)11(13)8(2)15-18/h5-6H,4,7H2,1-3H3,(H,14,19). The van der Waals surface area contributed by atoms with Gasteiger partial charge in [-0.2, -0.15) is 10.2 Å². The molecule has 2 aromatic rings. The van der Waals surface area contributed by atoms with Crippen LogP contribution < -0.4 is 5.32 Å². The van der Waals surface area contributed by atoms with Gasteiger partial charge in [-0.15, -0.1) is 0 Å². The SMILES string of the molecule is CCNC(=O)c1ccn(Cn2nc(C)c(Br)c2C)n1. The average Bonchev–Trinajstić information content (AvgIpc) is 2.92. The molecule has 0 aromatic carbocycles. The lowest BCUT2D eigenvalue weighted by Crippen LogP contribution is -2.23. The first-order chi connectivity index (χ1) is 9.02. The van der Waals surface area contributed by atoms with Gasteiger partial charge < -0.3 is 5.32 Å². The van der Waals surface area contributed by atoms with Gasteiger partial charge in [0.1, 0.15) is 12.4 Å². The molecule has 2 heterocycles. The molecule has 0 aliphatic rings. The van der Waals surface area contributed by atoms with Crippen molar-refractivity contribution in [3.05, 3.63) is 33.8 Å². The summed E-state index contributed by atoms with van der Waals surface area (Å²) >= 11 is 3.49. The summed E-state index contributed by atoms with van der Waals surface area (Å²) in [4.78, 5) is 11.6. The summed E-state index contributed by atoms with van der Waals surface area (Å²) in [6.45, 7) is 6.88. The number of hydrogen-bond acceptors (Lipinski definition) is 3. The Kier molecular flexibility index (Phi) is 4.04. The van der Waals surface area contributed by atoms with E-state index in [1.54, 1.807) is 16.9 Å². The molecule has 0 bridgehead atoms. The maximum absolute atomic E-state index is 11.6. The van der Waals surface area contributed by atoms with Crippen LogP contribution in [0.5, 0.6) is 0 Å². The number of hydrogen-bond donors (Lipinski definition) is 1. The molecule has 0 atom stereocenters. The first-order valence-electron chi connectivity index (χ1n) is 6.04. The summed E-state index contributed by atoms with van der Waals surface area (Å²) in [6.07, 6.45) is 1.77. The van der Waals surface area contributed by atoms with Crippen LogP contribution in [0, 0.1) is 13.8 Å². The lowest BCUT2D eigenvalue weighted by molar-refractivity contribution is 0.0950. The second-order valence-electron chi connectivity index (χ2n) is 4.23. The Morgan fingerprint density at radius 1 is 1.42 bits per heavy atom. The summed E-state index contributed by atoms with van der Waals surface area (Å²) in [5, 5.41) is 11.4. The van der Waals surface area contributed by atoms with Gasteiger partial charge in [0.15, 0.2) is 0 Å². The molecular weight excluding hydrogens is 310 g/mol. The van der Waals surface area contributed by atoms with Crippen LogP contribution in [0.1, 0.15) is 28.8 Å². The number of amides is 1. The Hall–Kier alpha value is -1.63. The fraction of sp³-hybridized carbons (Fsp3) is 0.417. The van der Waals surface area contributed by atoms with Gasteiger partial charge in [0.25, 0.3) is 5.91 Å². The largest absolute Gasteiger partial charge is 0.351 e. The van der Waals surface area contributed by atoms with Crippen LogP contribution in [0.3, 0.4) is 0 Å². The van der Waals surface area contributed by atoms with Gasteiger partial charge in [-0.25, -0.2) is 4.68 Å². The monoisotopic (exact) mass is 325 g/mol. The molecule has 0 saturated heterocycles. The number of rotatable bonds is 4. The molecule has 102 valence electrons. The second-order valence-corrected chi connectivity index (χ2v) is 5.02. The zero-order chi connectivity index (χ0) is 14.0. The molecule has 1 N–H and O–H groups in total. The molecule has 0 radical (unpaired) electrons. The number of nitrogens with zero attached hydrogens (tertiary/aromatic N) is 4. The highest BCUT2D eigenvalue weighted by Gasteiger charge is 2.11. The Morgan fingerprint density at radius 3 is 2.74 bits per heavy atom. The van der Waals surface area contributed by atoms with Crippen molar-refractivity contribution in [3.63, 3.8) is 0 Å². The minimum absolute atomic E-state index is 0.157. The average molecular weight is 326 g/mol. The number of aryl methyl sites for hydroxylation is 1. The second kappa shape index (κ2) is 5.56. The molecule has 2 aromatic heterocycles. The predicted molar refractivity (Wildman–Crippen MR) is 75.0 cm³/mol. The minimum Gasteiger partial charge on any atom is -0.351 e. The van der Waals surface area contributed by atoms with Crippen molar-refractivity contribution >= 4 is 21.8 Å². The van der Waals surface area contributed by atoms with E-state index >= 15 is 0 Å². The van der Waals surface area contributed by atoms with E-state index in [-0.39, 0.29) is 5.91 Å². The summed E-state index contributed by atoms with van der Waals surface area (Å²) < 4.78 is 4.54. The van der Waals surface area contributed by atoms with Crippen LogP contribution in [-0.4, -0.2) is 32.0 Å². The molecule has 0 unspecified atom stereocenters. The molecule has 1 amide bonds. The van der Waals surface area contributed by atoms with Gasteiger partial charge >= 0.3 is 0 Å². The number of aromatic nitrogens is 4. The van der Waals surface area contributed by atoms with Gasteiger partial charge in [-0.1, -0.05) is 0 Å². The molecule has 2 rings (SSSR count). The zero-order valence-electron chi connectivity index (χ0n) is 11.1. The molecular formula is C12H16BrN5O. The fourth-order valence-corrected chi connectivity index (χ4v) is 2.05. The van der Waals surface area contributed by atoms with Crippen molar-refractivity contribution in [2.24, 2.45) is 0 Å². The lowest BCUT2D eigenvalue weighted by atomic mass is 10.4. The van der Waals surface area contributed by atoms with E-state index in [4.69, 9.17) is 0 Å². The van der Waals surface area contributed by atoms with Crippen LogP contribution in [0.15, 0.2) is 16.7 Å². The number of carbonyl (C=O) groups excluding carboxylic acids is 1. The molecule has 0 aliphatic heterocycles. The smallest absolute Gasteiger partial charge is 0.271 e. The van der Waals surface area contributed by atoms with E-state index in [0.717, 1.165) is 15.9 Å². The van der Waals surface area contributed by atoms with Crippen LogP contribution in [0.25, 0.3) is 0 Å². The van der Waals surface area contributed by atoms with Crippen molar-refractivity contribution in [1.82, 2.24) is 24.9 Å². The predicted octanol–water partition coefficient (Wildman–Crippen LogP) is 1.71. The first kappa shape index (κ1) is 13.8. The highest BCUT2D eigenvalue weighted by atomic mass is 79.9. The molecule has 6 nitrogen and oxygen atoms in total. The summed E-state index contributed by atoms with van der Waals surface area (Å²) in [7, 11) is 0. The Bertz CT molecular complexity index is 601. The molecule has 0 spiro atoms. The van der Waals surface area contributed by atoms with Crippen LogP contribution in [0.2, 0.25) is 0 Å². The van der Waals surface area contributed by atoms with Crippen LogP contribution >= 0.6 is 15.9 Å². The van der Waals surface area contributed by atoms with E-state index < -0.39 is 0 Å². The molecule has 0 fully saturated rings. The Balaban J connectivity index is 2.16. The summed E-state index contributed by atoms with van der Waals surface area (Å²) in [5.41, 5.74) is 2.39. The topological polar surface area (TPSA) is 64.7 Å². The third kappa shape index (κ3) is 2.86. The van der Waals surface area contributed by atoms with Crippen molar-refractivity contribution in [2.45, 2.75) is 27.4 Å². The lowest BCUT2D eigenvalue weighted by Gasteiger charge is -2.04. The highest BCUT2D eigenvalue weighted by Crippen LogP contribution is 2.19. The minimum atomic E-state index is -0.157. The fourth-order valence-electron chi connectivity index (χ4n) is 1.76. The molecule has 7 heteroatoms. The summed E-state index contributed by atoms with van der Waals surface area (Å²) in [5.74, 6) is -0.157.